The fraction of sp³-hybridized carbons (Fsp3) is 0.718. The average molecular weight is 1080 g/mol. The van der Waals surface area contributed by atoms with Crippen molar-refractivity contribution in [3.8, 4) is 0 Å². The van der Waals surface area contributed by atoms with Gasteiger partial charge in [-0.1, -0.05) is 261 Å². The number of epoxide rings is 1. The van der Waals surface area contributed by atoms with Gasteiger partial charge in [0.1, 0.15) is 17.8 Å². The summed E-state index contributed by atoms with van der Waals surface area (Å²) < 4.78 is 18.5. The number of aliphatic hydroxyl groups is 1. The quantitative estimate of drug-likeness (QED) is 0.0163. The molecular weight excluding hydrogens is 965 g/mol. The Morgan fingerprint density at radius 2 is 0.923 bits per heavy atom. The molecule has 1 saturated heterocycles. The molecule has 0 spiro atoms. The summed E-state index contributed by atoms with van der Waals surface area (Å²) in [6.07, 6.45) is 56.8. The number of hydrogen-bond donors (Lipinski definition) is 1. The van der Waals surface area contributed by atoms with Crippen LogP contribution in [0.2, 0.25) is 0 Å². The summed E-state index contributed by atoms with van der Waals surface area (Å²) in [7, 11) is 0. The van der Waals surface area contributed by atoms with Crippen LogP contribution in [0.1, 0.15) is 289 Å². The molecule has 1 N–H and O–H groups in total. The second kappa shape index (κ2) is 35.9. The van der Waals surface area contributed by atoms with Gasteiger partial charge in [0, 0.05) is 43.1 Å². The van der Waals surface area contributed by atoms with Crippen LogP contribution in [0.5, 0.6) is 0 Å². The highest BCUT2D eigenvalue weighted by molar-refractivity contribution is 5.96. The van der Waals surface area contributed by atoms with Crippen molar-refractivity contribution in [3.05, 3.63) is 100 Å². The number of fused-ring (bicyclic) bond motifs is 1. The lowest BCUT2D eigenvalue weighted by molar-refractivity contribution is -0.156. The number of allylic oxidation sites excluding steroid dienone is 14. The predicted octanol–water partition coefficient (Wildman–Crippen LogP) is 19.8. The van der Waals surface area contributed by atoms with Gasteiger partial charge in [0.15, 0.2) is 5.78 Å². The summed E-state index contributed by atoms with van der Waals surface area (Å²) in [6, 6.07) is 0. The average Bonchev–Trinajstić information content (AvgIpc) is 3.78. The highest BCUT2D eigenvalue weighted by atomic mass is 16.6. The number of ketones is 1. The minimum atomic E-state index is -1.13. The van der Waals surface area contributed by atoms with Gasteiger partial charge in [-0.15, -0.1) is 5.73 Å². The second-order valence-electron chi connectivity index (χ2n) is 25.8. The van der Waals surface area contributed by atoms with Crippen LogP contribution in [0.4, 0.5) is 0 Å². The normalized spacial score (nSPS) is 24.4. The number of ether oxygens (including phenoxy) is 3. The van der Waals surface area contributed by atoms with Crippen molar-refractivity contribution in [1.29, 1.82) is 0 Å². The largest absolute Gasteiger partial charge is 0.462 e. The number of carbonyl (C=O) groups excluding carboxylic acids is 3. The monoisotopic (exact) mass is 1080 g/mol. The van der Waals surface area contributed by atoms with Gasteiger partial charge >= 0.3 is 11.9 Å². The number of rotatable bonds is 39. The molecule has 0 unspecified atom stereocenters. The Morgan fingerprint density at radius 1 is 0.526 bits per heavy atom. The smallest absolute Gasteiger partial charge is 0.306 e. The fourth-order valence-electron chi connectivity index (χ4n) is 12.5. The van der Waals surface area contributed by atoms with Gasteiger partial charge in [0.2, 0.25) is 0 Å². The van der Waals surface area contributed by atoms with Crippen LogP contribution in [0.25, 0.3) is 0 Å². The molecule has 0 aromatic heterocycles. The van der Waals surface area contributed by atoms with E-state index in [1.54, 1.807) is 0 Å². The maximum absolute atomic E-state index is 13.6. The van der Waals surface area contributed by atoms with Gasteiger partial charge < -0.3 is 19.3 Å². The third kappa shape index (κ3) is 25.4. The molecule has 3 fully saturated rings. The Hall–Kier alpha value is -3.77. The third-order valence-corrected chi connectivity index (χ3v) is 17.1. The Balaban J connectivity index is 1.37. The SMILES string of the molecule is CCCCCCCCCCCCCCCCC(=O)O[C@H]1CC(C)(C)C(=C=C/C(C)=C/C=C/C(C)=C/C=C/C=C(C)/C=C/C=C(\C)C(=O)C[C@@]23O[C@]2(C)C[C@@H](OC(=O)CCCCCCCCCCCCC)CC3(C)C)[C@](C)(O)C1. The Kier molecular flexibility index (Phi) is 31.5. The van der Waals surface area contributed by atoms with E-state index in [-0.39, 0.29) is 40.8 Å². The molecule has 0 aromatic carbocycles. The molecule has 1 aliphatic heterocycles. The summed E-state index contributed by atoms with van der Waals surface area (Å²) in [5.74, 6) is -0.174. The van der Waals surface area contributed by atoms with E-state index in [0.717, 1.165) is 48.0 Å². The topological polar surface area (TPSA) is 102 Å². The number of carbonyl (C=O) groups is 3. The van der Waals surface area contributed by atoms with Crippen molar-refractivity contribution in [3.63, 3.8) is 0 Å². The van der Waals surface area contributed by atoms with Gasteiger partial charge in [0.25, 0.3) is 0 Å². The number of esters is 2. The summed E-state index contributed by atoms with van der Waals surface area (Å²) in [4.78, 5) is 39.3. The van der Waals surface area contributed by atoms with Crippen molar-refractivity contribution in [2.75, 3.05) is 0 Å². The van der Waals surface area contributed by atoms with Gasteiger partial charge in [-0.25, -0.2) is 0 Å². The van der Waals surface area contributed by atoms with Crippen molar-refractivity contribution in [2.24, 2.45) is 10.8 Å². The molecule has 0 aromatic rings. The van der Waals surface area contributed by atoms with Crippen LogP contribution < -0.4 is 0 Å². The molecule has 3 aliphatic rings. The van der Waals surface area contributed by atoms with Gasteiger partial charge in [-0.3, -0.25) is 14.4 Å². The highest BCUT2D eigenvalue weighted by Crippen LogP contribution is 2.67. The molecule has 1 heterocycles. The molecule has 2 aliphatic carbocycles. The molecule has 0 amide bonds. The van der Waals surface area contributed by atoms with E-state index in [1.165, 1.54) is 135 Å². The number of hydrogen-bond acceptors (Lipinski definition) is 7. The lowest BCUT2D eigenvalue weighted by Crippen LogP contribution is -2.49. The standard InChI is InChI=1S/C71H114O7/c1-13-15-17-19-21-23-25-26-27-29-31-33-34-36-48-65(73)76-61-52-67(7,8)64(69(11,75)54-61)51-50-59(5)45-40-44-57(3)42-38-39-43-58(4)46-41-47-60(6)63(72)56-71-68(9,10)53-62(55-70(71,12)78-71)77-66(74)49-37-35-32-30-28-24-22-20-18-16-14-2/h38-47,50,61-62,75H,13-37,48-49,52-56H2,1-12H3/b39-38+,44-40+,46-41+,57-42+,58-43+,59-45+,60-47+/t51?,61-,62-,69+,70+,71-/m0/s1. The first kappa shape index (κ1) is 68.5. The molecule has 440 valence electrons. The minimum Gasteiger partial charge on any atom is -0.462 e. The van der Waals surface area contributed by atoms with E-state index < -0.39 is 16.8 Å². The first-order chi connectivity index (χ1) is 37.1. The van der Waals surface area contributed by atoms with E-state index in [9.17, 15) is 19.5 Å². The van der Waals surface area contributed by atoms with E-state index in [4.69, 9.17) is 14.2 Å². The molecule has 0 radical (unpaired) electrons. The van der Waals surface area contributed by atoms with Crippen molar-refractivity contribution >= 4 is 17.7 Å². The van der Waals surface area contributed by atoms with Gasteiger partial charge in [-0.2, -0.15) is 0 Å². The highest BCUT2D eigenvalue weighted by Gasteiger charge is 2.76. The van der Waals surface area contributed by atoms with Crippen LogP contribution in [-0.4, -0.2) is 51.8 Å². The zero-order valence-corrected chi connectivity index (χ0v) is 52.0. The van der Waals surface area contributed by atoms with E-state index >= 15 is 0 Å². The fourth-order valence-corrected chi connectivity index (χ4v) is 12.5. The first-order valence-corrected chi connectivity index (χ1v) is 31.6. The summed E-state index contributed by atoms with van der Waals surface area (Å²) >= 11 is 0. The van der Waals surface area contributed by atoms with Crippen molar-refractivity contribution in [2.45, 2.75) is 318 Å². The van der Waals surface area contributed by atoms with Gasteiger partial charge in [-0.05, 0) is 89.9 Å². The lowest BCUT2D eigenvalue weighted by Gasteiger charge is -2.44. The van der Waals surface area contributed by atoms with Crippen LogP contribution in [-0.2, 0) is 28.6 Å². The molecule has 3 rings (SSSR count). The van der Waals surface area contributed by atoms with E-state index in [0.29, 0.717) is 50.5 Å². The molecule has 78 heavy (non-hydrogen) atoms. The van der Waals surface area contributed by atoms with Gasteiger partial charge in [0.05, 0.1) is 11.2 Å². The third-order valence-electron chi connectivity index (χ3n) is 17.1. The van der Waals surface area contributed by atoms with Crippen molar-refractivity contribution < 1.29 is 33.7 Å². The summed E-state index contributed by atoms with van der Waals surface area (Å²) in [5, 5.41) is 11.6. The molecule has 5 atom stereocenters. The molecule has 2 saturated carbocycles. The Labute approximate surface area is 478 Å². The lowest BCUT2D eigenvalue weighted by atomic mass is 9.61. The van der Waals surface area contributed by atoms with Crippen LogP contribution in [0.3, 0.4) is 0 Å². The zero-order valence-electron chi connectivity index (χ0n) is 52.0. The second-order valence-corrected chi connectivity index (χ2v) is 25.8. The zero-order chi connectivity index (χ0) is 57.5. The van der Waals surface area contributed by atoms with Crippen LogP contribution in [0.15, 0.2) is 100 Å². The van der Waals surface area contributed by atoms with Crippen molar-refractivity contribution in [1.82, 2.24) is 0 Å². The molecule has 0 bridgehead atoms. The molecule has 7 nitrogen and oxygen atoms in total. The van der Waals surface area contributed by atoms with Crippen LogP contribution in [0, 0.1) is 10.8 Å². The molecular formula is C71H114O7. The maximum atomic E-state index is 13.6. The minimum absolute atomic E-state index is 0.0806. The van der Waals surface area contributed by atoms with Crippen LogP contribution >= 0.6 is 0 Å². The number of Topliss-reactive ketones (excluding diaryl/α,β-unsaturated/α-hetero) is 1. The molecule has 7 heteroatoms. The first-order valence-electron chi connectivity index (χ1n) is 31.6. The summed E-state index contributed by atoms with van der Waals surface area (Å²) in [5.41, 5.74) is 5.27. The summed E-state index contributed by atoms with van der Waals surface area (Å²) in [6.45, 7) is 25.0. The maximum Gasteiger partial charge on any atom is 0.306 e. The van der Waals surface area contributed by atoms with E-state index in [2.05, 4.69) is 73.3 Å². The Morgan fingerprint density at radius 3 is 1.35 bits per heavy atom. The number of unbranched alkanes of at least 4 members (excludes halogenated alkanes) is 23. The van der Waals surface area contributed by atoms with E-state index in [1.807, 2.05) is 82.4 Å². The predicted molar refractivity (Wildman–Crippen MR) is 328 cm³/mol. The Bertz CT molecular complexity index is 2090.